The van der Waals surface area contributed by atoms with Gasteiger partial charge in [0.1, 0.15) is 24.0 Å². The van der Waals surface area contributed by atoms with Gasteiger partial charge in [-0.15, -0.1) is 0 Å². The van der Waals surface area contributed by atoms with E-state index >= 15 is 0 Å². The number of carbonyl (C=O) groups is 1. The standard InChI is InChI=1S/C20H16F6N2O/c1-28(10-20(24,25)26)17(29)7-6-14-15-8-13(22)9-16(23)19(15)27-18(14)11-2-4-12(21)5-3-11/h2-5,8-9,27H,6-7,10H2,1H3. The van der Waals surface area contributed by atoms with Crippen LogP contribution in [0.15, 0.2) is 36.4 Å². The first-order valence-corrected chi connectivity index (χ1v) is 8.61. The Morgan fingerprint density at radius 1 is 1.03 bits per heavy atom. The molecule has 0 bridgehead atoms. The first kappa shape index (κ1) is 20.8. The minimum atomic E-state index is -4.53. The topological polar surface area (TPSA) is 36.1 Å². The van der Waals surface area contributed by atoms with Crippen LogP contribution in [0.1, 0.15) is 12.0 Å². The number of nitrogens with zero attached hydrogens (tertiary/aromatic N) is 1. The summed E-state index contributed by atoms with van der Waals surface area (Å²) < 4.78 is 78.6. The maximum Gasteiger partial charge on any atom is 0.406 e. The van der Waals surface area contributed by atoms with Gasteiger partial charge < -0.3 is 9.88 Å². The van der Waals surface area contributed by atoms with Crippen LogP contribution in [0.5, 0.6) is 0 Å². The molecule has 1 heterocycles. The van der Waals surface area contributed by atoms with Gasteiger partial charge >= 0.3 is 6.18 Å². The molecule has 0 unspecified atom stereocenters. The second-order valence-corrected chi connectivity index (χ2v) is 6.66. The van der Waals surface area contributed by atoms with Crippen LogP contribution in [-0.4, -0.2) is 35.6 Å². The average molecular weight is 414 g/mol. The lowest BCUT2D eigenvalue weighted by Gasteiger charge is -2.19. The lowest BCUT2D eigenvalue weighted by atomic mass is 10.0. The monoisotopic (exact) mass is 414 g/mol. The van der Waals surface area contributed by atoms with E-state index in [4.69, 9.17) is 0 Å². The number of hydrogen-bond acceptors (Lipinski definition) is 1. The summed E-state index contributed by atoms with van der Waals surface area (Å²) in [5.41, 5.74) is 1.17. The zero-order chi connectivity index (χ0) is 21.3. The minimum absolute atomic E-state index is 0.00294. The third kappa shape index (κ3) is 4.72. The number of hydrogen-bond donors (Lipinski definition) is 1. The summed E-state index contributed by atoms with van der Waals surface area (Å²) in [5.74, 6) is -2.94. The number of alkyl halides is 3. The van der Waals surface area contributed by atoms with Crippen molar-refractivity contribution in [1.29, 1.82) is 0 Å². The summed E-state index contributed by atoms with van der Waals surface area (Å²) >= 11 is 0. The molecule has 0 aliphatic rings. The van der Waals surface area contributed by atoms with E-state index in [1.54, 1.807) is 0 Å². The van der Waals surface area contributed by atoms with Gasteiger partial charge in [0.15, 0.2) is 0 Å². The normalized spacial score (nSPS) is 11.8. The van der Waals surface area contributed by atoms with E-state index in [1.807, 2.05) is 0 Å². The van der Waals surface area contributed by atoms with Crippen LogP contribution in [0.3, 0.4) is 0 Å². The fraction of sp³-hybridized carbons (Fsp3) is 0.250. The number of amides is 1. The SMILES string of the molecule is CN(CC(F)(F)F)C(=O)CCc1c(-c2ccc(F)cc2)[nH]c2c(F)cc(F)cc12. The Labute approximate surface area is 161 Å². The number of aromatic amines is 1. The van der Waals surface area contributed by atoms with Crippen molar-refractivity contribution in [3.8, 4) is 11.3 Å². The van der Waals surface area contributed by atoms with Crippen molar-refractivity contribution in [2.24, 2.45) is 0 Å². The first-order valence-electron chi connectivity index (χ1n) is 8.61. The fourth-order valence-electron chi connectivity index (χ4n) is 3.18. The Balaban J connectivity index is 1.97. The molecule has 0 fully saturated rings. The van der Waals surface area contributed by atoms with Crippen molar-refractivity contribution in [2.45, 2.75) is 19.0 Å². The number of nitrogens with one attached hydrogen (secondary N) is 1. The molecule has 0 radical (unpaired) electrons. The predicted molar refractivity (Wildman–Crippen MR) is 95.6 cm³/mol. The highest BCUT2D eigenvalue weighted by molar-refractivity contribution is 5.92. The maximum absolute atomic E-state index is 14.2. The lowest BCUT2D eigenvalue weighted by molar-refractivity contribution is -0.158. The zero-order valence-electron chi connectivity index (χ0n) is 15.2. The maximum atomic E-state index is 14.2. The largest absolute Gasteiger partial charge is 0.406 e. The fourth-order valence-corrected chi connectivity index (χ4v) is 3.18. The van der Waals surface area contributed by atoms with Gasteiger partial charge in [-0.1, -0.05) is 0 Å². The smallest absolute Gasteiger partial charge is 0.352 e. The van der Waals surface area contributed by atoms with E-state index in [9.17, 15) is 31.1 Å². The van der Waals surface area contributed by atoms with Gasteiger partial charge in [0.25, 0.3) is 0 Å². The second kappa shape index (κ2) is 7.81. The molecule has 154 valence electrons. The van der Waals surface area contributed by atoms with Crippen molar-refractivity contribution in [3.63, 3.8) is 0 Å². The number of halogens is 6. The zero-order valence-corrected chi connectivity index (χ0v) is 15.2. The average Bonchev–Trinajstić information content (AvgIpc) is 2.97. The van der Waals surface area contributed by atoms with Gasteiger partial charge in [-0.2, -0.15) is 13.2 Å². The molecule has 2 aromatic carbocycles. The number of benzene rings is 2. The molecule has 3 rings (SSSR count). The van der Waals surface area contributed by atoms with Gasteiger partial charge in [0.2, 0.25) is 5.91 Å². The molecular formula is C20H16F6N2O. The molecule has 9 heteroatoms. The van der Waals surface area contributed by atoms with Gasteiger partial charge in [-0.25, -0.2) is 13.2 Å². The van der Waals surface area contributed by atoms with Crippen molar-refractivity contribution in [2.75, 3.05) is 13.6 Å². The predicted octanol–water partition coefficient (Wildman–Crippen LogP) is 5.21. The number of aromatic nitrogens is 1. The molecule has 0 saturated heterocycles. The Morgan fingerprint density at radius 2 is 1.69 bits per heavy atom. The molecule has 0 spiro atoms. The summed E-state index contributed by atoms with van der Waals surface area (Å²) in [6, 6.07) is 7.00. The Hall–Kier alpha value is -2.97. The van der Waals surface area contributed by atoms with Crippen LogP contribution in [0.25, 0.3) is 22.2 Å². The molecule has 3 aromatic rings. The van der Waals surface area contributed by atoms with E-state index in [1.165, 1.54) is 24.3 Å². The highest BCUT2D eigenvalue weighted by Gasteiger charge is 2.31. The molecule has 1 amide bonds. The second-order valence-electron chi connectivity index (χ2n) is 6.66. The number of carbonyl (C=O) groups excluding carboxylic acids is 1. The van der Waals surface area contributed by atoms with Crippen molar-refractivity contribution in [3.05, 3.63) is 59.4 Å². The van der Waals surface area contributed by atoms with Gasteiger partial charge in [-0.3, -0.25) is 4.79 Å². The number of H-pyrrole nitrogens is 1. The lowest BCUT2D eigenvalue weighted by Crippen LogP contribution is -2.35. The van der Waals surface area contributed by atoms with Gasteiger partial charge in [0, 0.05) is 30.6 Å². The summed E-state index contributed by atoms with van der Waals surface area (Å²) in [7, 11) is 1.03. The summed E-state index contributed by atoms with van der Waals surface area (Å²) in [6.07, 6.45) is -4.89. The first-order chi connectivity index (χ1) is 13.5. The summed E-state index contributed by atoms with van der Waals surface area (Å²) in [4.78, 5) is 15.5. The number of rotatable bonds is 5. The molecule has 3 nitrogen and oxygen atoms in total. The minimum Gasteiger partial charge on any atom is -0.352 e. The number of aryl methyl sites for hydroxylation is 1. The van der Waals surface area contributed by atoms with Crippen LogP contribution < -0.4 is 0 Å². The molecule has 0 aliphatic carbocycles. The van der Waals surface area contributed by atoms with Crippen LogP contribution >= 0.6 is 0 Å². The van der Waals surface area contributed by atoms with Crippen LogP contribution in [-0.2, 0) is 11.2 Å². The third-order valence-corrected chi connectivity index (χ3v) is 4.50. The van der Waals surface area contributed by atoms with E-state index in [0.29, 0.717) is 27.8 Å². The van der Waals surface area contributed by atoms with Crippen molar-refractivity contribution in [1.82, 2.24) is 9.88 Å². The Kier molecular flexibility index (Phi) is 5.59. The van der Waals surface area contributed by atoms with Gasteiger partial charge in [-0.05, 0) is 47.9 Å². The molecule has 29 heavy (non-hydrogen) atoms. The van der Waals surface area contributed by atoms with Crippen molar-refractivity contribution >= 4 is 16.8 Å². The molecule has 0 saturated carbocycles. The van der Waals surface area contributed by atoms with E-state index in [0.717, 1.165) is 13.1 Å². The van der Waals surface area contributed by atoms with E-state index in [2.05, 4.69) is 4.98 Å². The van der Waals surface area contributed by atoms with E-state index in [-0.39, 0.29) is 23.7 Å². The van der Waals surface area contributed by atoms with Crippen LogP contribution in [0, 0.1) is 17.5 Å². The third-order valence-electron chi connectivity index (χ3n) is 4.50. The molecular weight excluding hydrogens is 398 g/mol. The van der Waals surface area contributed by atoms with Crippen molar-refractivity contribution < 1.29 is 31.1 Å². The molecule has 1 N–H and O–H groups in total. The van der Waals surface area contributed by atoms with Crippen LogP contribution in [0.4, 0.5) is 26.3 Å². The highest BCUT2D eigenvalue weighted by Crippen LogP contribution is 2.33. The summed E-state index contributed by atoms with van der Waals surface area (Å²) in [5, 5.41) is 0.174. The van der Waals surface area contributed by atoms with Crippen LogP contribution in [0.2, 0.25) is 0 Å². The highest BCUT2D eigenvalue weighted by atomic mass is 19.4. The Bertz CT molecular complexity index is 1040. The molecule has 0 atom stereocenters. The number of fused-ring (bicyclic) bond motifs is 1. The molecule has 0 aliphatic heterocycles. The summed E-state index contributed by atoms with van der Waals surface area (Å²) in [6.45, 7) is -1.40. The van der Waals surface area contributed by atoms with Gasteiger partial charge in [0.05, 0.1) is 5.52 Å². The molecule has 1 aromatic heterocycles. The quantitative estimate of drug-likeness (QED) is 0.572. The Morgan fingerprint density at radius 3 is 2.31 bits per heavy atom. The van der Waals surface area contributed by atoms with E-state index < -0.39 is 36.1 Å².